The predicted molar refractivity (Wildman–Crippen MR) is 138 cm³/mol. The second-order valence-electron chi connectivity index (χ2n) is 9.27. The second kappa shape index (κ2) is 11.1. The van der Waals surface area contributed by atoms with Gasteiger partial charge in [-0.05, 0) is 73.7 Å². The lowest BCUT2D eigenvalue weighted by molar-refractivity contribution is -0.135. The van der Waals surface area contributed by atoms with Crippen LogP contribution in [0.25, 0.3) is 0 Å². The number of carbonyl (C=O) groups is 2. The fourth-order valence-electron chi connectivity index (χ4n) is 5.30. The van der Waals surface area contributed by atoms with Gasteiger partial charge in [-0.15, -0.1) is 0 Å². The summed E-state index contributed by atoms with van der Waals surface area (Å²) < 4.78 is 28.1. The van der Waals surface area contributed by atoms with E-state index in [0.717, 1.165) is 37.1 Å². The molecule has 36 heavy (non-hydrogen) atoms. The standard InChI is InChI=1S/C25H29Cl2N3O5S/c1-29(23(31)14-16-7-9-19(26)20(27)13-16)25-18-5-4-6-22(36(34,35)28-15-24(32)33)17(18)8-10-21(25)30-11-2-3-12-30/h4-7,9,13,21,25,28H,2-3,8,10-12,14-15H2,1H3,(H,32,33). The average molecular weight is 554 g/mol. The molecule has 2 atom stereocenters. The zero-order chi connectivity index (χ0) is 26.0. The van der Waals surface area contributed by atoms with Crippen LogP contribution in [0.15, 0.2) is 41.3 Å². The molecule has 1 saturated heterocycles. The fraction of sp³-hybridized carbons (Fsp3) is 0.440. The number of amides is 1. The first-order valence-electron chi connectivity index (χ1n) is 11.9. The van der Waals surface area contributed by atoms with Gasteiger partial charge >= 0.3 is 5.97 Å². The molecule has 0 radical (unpaired) electrons. The topological polar surface area (TPSA) is 107 Å². The maximum absolute atomic E-state index is 13.5. The quantitative estimate of drug-likeness (QED) is 0.518. The van der Waals surface area contributed by atoms with E-state index in [1.54, 1.807) is 36.2 Å². The number of likely N-dealkylation sites (N-methyl/N-ethyl adjacent to an activating group) is 1. The molecule has 0 spiro atoms. The van der Waals surface area contributed by atoms with Gasteiger partial charge in [0, 0.05) is 13.1 Å². The van der Waals surface area contributed by atoms with Gasteiger partial charge in [0.2, 0.25) is 15.9 Å². The number of fused-ring (bicyclic) bond motifs is 1. The first-order chi connectivity index (χ1) is 17.1. The number of likely N-dealkylation sites (tertiary alicyclic amines) is 1. The van der Waals surface area contributed by atoms with Crippen molar-refractivity contribution >= 4 is 45.1 Å². The Morgan fingerprint density at radius 3 is 2.53 bits per heavy atom. The van der Waals surface area contributed by atoms with E-state index in [2.05, 4.69) is 9.62 Å². The van der Waals surface area contributed by atoms with Crippen LogP contribution in [0.2, 0.25) is 10.0 Å². The summed E-state index contributed by atoms with van der Waals surface area (Å²) in [6.07, 6.45) is 3.51. The highest BCUT2D eigenvalue weighted by molar-refractivity contribution is 7.89. The molecule has 8 nitrogen and oxygen atoms in total. The molecule has 2 aliphatic rings. The van der Waals surface area contributed by atoms with Crippen molar-refractivity contribution < 1.29 is 23.1 Å². The van der Waals surface area contributed by atoms with Gasteiger partial charge < -0.3 is 10.0 Å². The molecule has 194 valence electrons. The smallest absolute Gasteiger partial charge is 0.318 e. The first kappa shape index (κ1) is 26.9. The Balaban J connectivity index is 1.70. The highest BCUT2D eigenvalue weighted by Gasteiger charge is 2.40. The minimum atomic E-state index is -4.04. The van der Waals surface area contributed by atoms with E-state index >= 15 is 0 Å². The lowest BCUT2D eigenvalue weighted by Crippen LogP contribution is -2.49. The van der Waals surface area contributed by atoms with E-state index in [4.69, 9.17) is 28.3 Å². The third-order valence-corrected chi connectivity index (χ3v) is 9.23. The molecule has 0 bridgehead atoms. The zero-order valence-electron chi connectivity index (χ0n) is 19.9. The molecule has 4 rings (SSSR count). The number of hydrogen-bond donors (Lipinski definition) is 2. The van der Waals surface area contributed by atoms with Crippen LogP contribution < -0.4 is 4.72 Å². The van der Waals surface area contributed by atoms with Crippen LogP contribution >= 0.6 is 23.2 Å². The molecule has 1 amide bonds. The number of carbonyl (C=O) groups excluding carboxylic acids is 1. The van der Waals surface area contributed by atoms with E-state index in [-0.39, 0.29) is 29.3 Å². The molecule has 1 aliphatic heterocycles. The second-order valence-corrected chi connectivity index (χ2v) is 11.8. The van der Waals surface area contributed by atoms with Crippen molar-refractivity contribution in [2.24, 2.45) is 0 Å². The summed E-state index contributed by atoms with van der Waals surface area (Å²) in [5, 5.41) is 9.75. The number of aliphatic carboxylic acids is 1. The lowest BCUT2D eigenvalue weighted by atomic mass is 9.82. The van der Waals surface area contributed by atoms with Crippen LogP contribution in [-0.4, -0.2) is 67.9 Å². The van der Waals surface area contributed by atoms with Crippen molar-refractivity contribution in [3.05, 3.63) is 63.1 Å². The third kappa shape index (κ3) is 5.70. The minimum Gasteiger partial charge on any atom is -0.480 e. The molecule has 2 unspecified atom stereocenters. The van der Waals surface area contributed by atoms with Gasteiger partial charge in [0.1, 0.15) is 6.54 Å². The molecular weight excluding hydrogens is 525 g/mol. The Bertz CT molecular complexity index is 1260. The summed E-state index contributed by atoms with van der Waals surface area (Å²) in [6, 6.07) is 9.84. The first-order valence-corrected chi connectivity index (χ1v) is 14.1. The van der Waals surface area contributed by atoms with Crippen LogP contribution in [-0.2, 0) is 32.5 Å². The van der Waals surface area contributed by atoms with Crippen LogP contribution in [0.1, 0.15) is 42.0 Å². The SMILES string of the molecule is CN(C(=O)Cc1ccc(Cl)c(Cl)c1)C1c2cccc(S(=O)(=O)NCC(=O)O)c2CCC1N1CCCC1. The van der Waals surface area contributed by atoms with Crippen LogP contribution in [0.5, 0.6) is 0 Å². The summed E-state index contributed by atoms with van der Waals surface area (Å²) in [6.45, 7) is 1.17. The Morgan fingerprint density at radius 2 is 1.86 bits per heavy atom. The molecule has 11 heteroatoms. The Hall–Kier alpha value is -2.17. The number of benzene rings is 2. The lowest BCUT2D eigenvalue weighted by Gasteiger charge is -2.44. The normalized spacial score (nSPS) is 20.2. The number of carboxylic acid groups (broad SMARTS) is 1. The zero-order valence-corrected chi connectivity index (χ0v) is 22.2. The third-order valence-electron chi connectivity index (χ3n) is 7.01. The fourth-order valence-corrected chi connectivity index (χ4v) is 6.89. The van der Waals surface area contributed by atoms with E-state index in [1.807, 2.05) is 6.07 Å². The van der Waals surface area contributed by atoms with Gasteiger partial charge in [0.05, 0.1) is 27.4 Å². The molecule has 1 aliphatic carbocycles. The largest absolute Gasteiger partial charge is 0.480 e. The number of halogens is 2. The number of nitrogens with zero attached hydrogens (tertiary/aromatic N) is 2. The van der Waals surface area contributed by atoms with Crippen molar-refractivity contribution in [2.75, 3.05) is 26.7 Å². The summed E-state index contributed by atoms with van der Waals surface area (Å²) in [5.41, 5.74) is 2.15. The summed E-state index contributed by atoms with van der Waals surface area (Å²) >= 11 is 12.2. The highest BCUT2D eigenvalue weighted by atomic mass is 35.5. The minimum absolute atomic E-state index is 0.0488. The van der Waals surface area contributed by atoms with Gasteiger partial charge in [-0.1, -0.05) is 41.4 Å². The maximum Gasteiger partial charge on any atom is 0.318 e. The Morgan fingerprint density at radius 1 is 1.14 bits per heavy atom. The predicted octanol–water partition coefficient (Wildman–Crippen LogP) is 3.51. The molecule has 2 N–H and O–H groups in total. The van der Waals surface area contributed by atoms with Crippen LogP contribution in [0.3, 0.4) is 0 Å². The molecule has 2 aromatic rings. The number of rotatable bonds is 8. The summed E-state index contributed by atoms with van der Waals surface area (Å²) in [5.74, 6) is -1.38. The molecule has 0 aromatic heterocycles. The van der Waals surface area contributed by atoms with Crippen molar-refractivity contribution in [1.82, 2.24) is 14.5 Å². The molecule has 1 heterocycles. The molecule has 2 aromatic carbocycles. The van der Waals surface area contributed by atoms with E-state index in [0.29, 0.717) is 28.5 Å². The van der Waals surface area contributed by atoms with Crippen molar-refractivity contribution in [2.45, 2.75) is 49.1 Å². The van der Waals surface area contributed by atoms with Crippen molar-refractivity contribution in [3.63, 3.8) is 0 Å². The maximum atomic E-state index is 13.5. The summed E-state index contributed by atoms with van der Waals surface area (Å²) in [7, 11) is -2.28. The summed E-state index contributed by atoms with van der Waals surface area (Å²) in [4.78, 5) is 28.6. The van der Waals surface area contributed by atoms with Crippen LogP contribution in [0, 0.1) is 0 Å². The van der Waals surface area contributed by atoms with Gasteiger partial charge in [0.25, 0.3) is 0 Å². The van der Waals surface area contributed by atoms with Gasteiger partial charge in [-0.2, -0.15) is 4.72 Å². The highest BCUT2D eigenvalue weighted by Crippen LogP contribution is 2.40. The van der Waals surface area contributed by atoms with Gasteiger partial charge in [-0.25, -0.2) is 8.42 Å². The van der Waals surface area contributed by atoms with Gasteiger partial charge in [0.15, 0.2) is 0 Å². The Kier molecular flexibility index (Phi) is 8.26. The average Bonchev–Trinajstić information content (AvgIpc) is 3.38. The van der Waals surface area contributed by atoms with E-state index < -0.39 is 22.5 Å². The molecule has 0 saturated carbocycles. The van der Waals surface area contributed by atoms with Crippen molar-refractivity contribution in [1.29, 1.82) is 0 Å². The monoisotopic (exact) mass is 553 g/mol. The van der Waals surface area contributed by atoms with E-state index in [9.17, 15) is 18.0 Å². The van der Waals surface area contributed by atoms with Crippen LogP contribution in [0.4, 0.5) is 0 Å². The number of carboxylic acids is 1. The van der Waals surface area contributed by atoms with Crippen molar-refractivity contribution in [3.8, 4) is 0 Å². The number of nitrogens with one attached hydrogen (secondary N) is 1. The molecular formula is C25H29Cl2N3O5S. The molecule has 1 fully saturated rings. The van der Waals surface area contributed by atoms with Gasteiger partial charge in [-0.3, -0.25) is 14.5 Å². The Labute approximate surface area is 221 Å². The number of hydrogen-bond acceptors (Lipinski definition) is 5. The van der Waals surface area contributed by atoms with E-state index in [1.165, 1.54) is 6.07 Å². The number of sulfonamides is 1.